The van der Waals surface area contributed by atoms with Crippen molar-refractivity contribution in [2.75, 3.05) is 19.6 Å². The zero-order valence-corrected chi connectivity index (χ0v) is 19.7. The summed E-state index contributed by atoms with van der Waals surface area (Å²) in [5.74, 6) is -2.46. The molecule has 1 N–H and O–H groups in total. The lowest BCUT2D eigenvalue weighted by Gasteiger charge is -2.42. The van der Waals surface area contributed by atoms with Crippen LogP contribution in [0.5, 0.6) is 5.75 Å². The number of rotatable bonds is 5. The molecule has 0 unspecified atom stereocenters. The second kappa shape index (κ2) is 10.6. The summed E-state index contributed by atoms with van der Waals surface area (Å²) in [5, 5.41) is 9.76. The van der Waals surface area contributed by atoms with Crippen LogP contribution < -0.4 is 0 Å². The minimum atomic E-state index is -5.09. The predicted molar refractivity (Wildman–Crippen MR) is 123 cm³/mol. The largest absolute Gasteiger partial charge is 0.505 e. The topological polar surface area (TPSA) is 56.7 Å². The molecule has 1 aromatic heterocycles. The second-order valence-corrected chi connectivity index (χ2v) is 9.03. The highest BCUT2D eigenvalue weighted by molar-refractivity contribution is 5.95. The Morgan fingerprint density at radius 2 is 1.63 bits per heavy atom. The molecule has 202 valence electrons. The number of pyridine rings is 1. The van der Waals surface area contributed by atoms with Gasteiger partial charge in [0.05, 0.1) is 11.1 Å². The molecule has 38 heavy (non-hydrogen) atoms. The van der Waals surface area contributed by atoms with Crippen molar-refractivity contribution in [3.8, 4) is 5.75 Å². The molecule has 4 rings (SSSR count). The summed E-state index contributed by atoms with van der Waals surface area (Å²) in [5.41, 5.74) is -2.58. The van der Waals surface area contributed by atoms with E-state index in [1.165, 1.54) is 17.0 Å². The van der Waals surface area contributed by atoms with Gasteiger partial charge in [-0.1, -0.05) is 12.1 Å². The van der Waals surface area contributed by atoms with Gasteiger partial charge in [-0.05, 0) is 53.9 Å². The summed E-state index contributed by atoms with van der Waals surface area (Å²) in [6.45, 7) is 0.998. The van der Waals surface area contributed by atoms with Crippen molar-refractivity contribution < 1.29 is 40.6 Å². The molecule has 0 radical (unpaired) electrons. The Balaban J connectivity index is 1.67. The van der Waals surface area contributed by atoms with E-state index in [9.17, 15) is 40.6 Å². The maximum Gasteiger partial charge on any atom is 0.416 e. The number of phenolic OH excluding ortho intramolecular Hbond substituents is 1. The summed E-state index contributed by atoms with van der Waals surface area (Å²) in [6.07, 6.45) is -6.85. The maximum absolute atomic E-state index is 13.6. The van der Waals surface area contributed by atoms with Crippen LogP contribution in [-0.4, -0.2) is 51.5 Å². The molecule has 0 saturated carbocycles. The number of carbonyl (C=O) groups excluding carboxylic acids is 1. The summed E-state index contributed by atoms with van der Waals surface area (Å²) in [4.78, 5) is 20.7. The fourth-order valence-electron chi connectivity index (χ4n) is 4.46. The van der Waals surface area contributed by atoms with E-state index in [2.05, 4.69) is 4.98 Å². The van der Waals surface area contributed by atoms with Crippen LogP contribution in [-0.2, 0) is 25.3 Å². The Kier molecular flexibility index (Phi) is 7.63. The third-order valence-corrected chi connectivity index (χ3v) is 6.27. The Morgan fingerprint density at radius 3 is 2.21 bits per heavy atom. The number of halogens is 7. The molecule has 2 heterocycles. The average Bonchev–Trinajstić information content (AvgIpc) is 2.85. The number of phenols is 1. The van der Waals surface area contributed by atoms with Gasteiger partial charge in [0.15, 0.2) is 11.6 Å². The van der Waals surface area contributed by atoms with Gasteiger partial charge >= 0.3 is 12.4 Å². The summed E-state index contributed by atoms with van der Waals surface area (Å²) >= 11 is 0. The Morgan fingerprint density at radius 1 is 0.947 bits per heavy atom. The average molecular weight is 541 g/mol. The molecule has 1 fully saturated rings. The Labute approximate surface area is 213 Å². The molecule has 0 bridgehead atoms. The van der Waals surface area contributed by atoms with Crippen LogP contribution in [0.3, 0.4) is 0 Å². The van der Waals surface area contributed by atoms with Crippen LogP contribution in [0.2, 0.25) is 0 Å². The van der Waals surface area contributed by atoms with Gasteiger partial charge in [-0.25, -0.2) is 4.39 Å². The van der Waals surface area contributed by atoms with Crippen molar-refractivity contribution in [1.82, 2.24) is 14.8 Å². The van der Waals surface area contributed by atoms with Crippen molar-refractivity contribution in [1.29, 1.82) is 0 Å². The van der Waals surface area contributed by atoms with Crippen molar-refractivity contribution >= 4 is 5.91 Å². The highest BCUT2D eigenvalue weighted by Crippen LogP contribution is 2.37. The number of piperazine rings is 1. The third-order valence-electron chi connectivity index (χ3n) is 6.27. The smallest absolute Gasteiger partial charge is 0.416 e. The molecule has 12 heteroatoms. The van der Waals surface area contributed by atoms with Crippen molar-refractivity contribution in [2.24, 2.45) is 0 Å². The van der Waals surface area contributed by atoms with E-state index < -0.39 is 52.6 Å². The fourth-order valence-corrected chi connectivity index (χ4v) is 4.46. The number of amides is 1. The summed E-state index contributed by atoms with van der Waals surface area (Å²) < 4.78 is 93.8. The normalized spacial score (nSPS) is 17.0. The third kappa shape index (κ3) is 6.42. The Hall–Kier alpha value is -3.67. The van der Waals surface area contributed by atoms with Crippen molar-refractivity contribution in [2.45, 2.75) is 31.4 Å². The second-order valence-electron chi connectivity index (χ2n) is 9.03. The SMILES string of the molecule is O=C(c1cc(C(F)(F)F)cc(C(F)(F)F)c1)N1CCN(Cc2cccnc2)C[C@H]1Cc1ccc(F)c(O)c1. The highest BCUT2D eigenvalue weighted by Gasteiger charge is 2.39. The molecular weight excluding hydrogens is 519 g/mol. The monoisotopic (exact) mass is 541 g/mol. The number of benzene rings is 2. The predicted octanol–water partition coefficient (Wildman–Crippen LogP) is 5.53. The lowest BCUT2D eigenvalue weighted by atomic mass is 9.98. The minimum absolute atomic E-state index is 0.0224. The number of hydrogen-bond donors (Lipinski definition) is 1. The van der Waals surface area contributed by atoms with Crippen LogP contribution in [0.1, 0.15) is 32.6 Å². The van der Waals surface area contributed by atoms with Crippen molar-refractivity contribution in [3.63, 3.8) is 0 Å². The molecule has 0 spiro atoms. The molecule has 1 atom stereocenters. The number of nitrogens with zero attached hydrogens (tertiary/aromatic N) is 3. The van der Waals surface area contributed by atoms with Gasteiger partial charge in [0.2, 0.25) is 0 Å². The van der Waals surface area contributed by atoms with Gasteiger partial charge in [0, 0.05) is 50.2 Å². The first-order chi connectivity index (χ1) is 17.8. The van der Waals surface area contributed by atoms with E-state index in [0.29, 0.717) is 30.8 Å². The van der Waals surface area contributed by atoms with Crippen LogP contribution in [0.4, 0.5) is 30.7 Å². The van der Waals surface area contributed by atoms with Crippen LogP contribution in [0, 0.1) is 5.82 Å². The van der Waals surface area contributed by atoms with Gasteiger partial charge in [-0.3, -0.25) is 14.7 Å². The lowest BCUT2D eigenvalue weighted by molar-refractivity contribution is -0.143. The Bertz CT molecular complexity index is 1260. The van der Waals surface area contributed by atoms with Gasteiger partial charge in [-0.2, -0.15) is 26.3 Å². The minimum Gasteiger partial charge on any atom is -0.505 e. The van der Waals surface area contributed by atoms with Crippen LogP contribution >= 0.6 is 0 Å². The van der Waals surface area contributed by atoms with E-state index >= 15 is 0 Å². The number of alkyl halides is 6. The molecule has 2 aromatic carbocycles. The van der Waals surface area contributed by atoms with Gasteiger partial charge in [0.1, 0.15) is 0 Å². The lowest BCUT2D eigenvalue weighted by Crippen LogP contribution is -2.55. The quantitative estimate of drug-likeness (QED) is 0.432. The molecule has 1 aliphatic heterocycles. The number of aromatic nitrogens is 1. The number of hydrogen-bond acceptors (Lipinski definition) is 4. The molecule has 1 amide bonds. The van der Waals surface area contributed by atoms with E-state index in [-0.39, 0.29) is 25.6 Å². The van der Waals surface area contributed by atoms with Gasteiger partial charge < -0.3 is 10.0 Å². The van der Waals surface area contributed by atoms with E-state index in [1.54, 1.807) is 18.5 Å². The summed E-state index contributed by atoms with van der Waals surface area (Å²) in [6, 6.07) is 7.31. The van der Waals surface area contributed by atoms with Crippen LogP contribution in [0.25, 0.3) is 0 Å². The van der Waals surface area contributed by atoms with Gasteiger partial charge in [0.25, 0.3) is 5.91 Å². The zero-order chi connectivity index (χ0) is 27.7. The number of aromatic hydroxyl groups is 1. The molecule has 3 aromatic rings. The van der Waals surface area contributed by atoms with Crippen LogP contribution in [0.15, 0.2) is 60.9 Å². The fraction of sp³-hybridized carbons (Fsp3) is 0.308. The van der Waals surface area contributed by atoms with E-state index in [4.69, 9.17) is 0 Å². The first kappa shape index (κ1) is 27.4. The molecule has 1 saturated heterocycles. The first-order valence-corrected chi connectivity index (χ1v) is 11.5. The molecule has 0 aliphatic carbocycles. The number of carbonyl (C=O) groups is 1. The van der Waals surface area contributed by atoms with Gasteiger partial charge in [-0.15, -0.1) is 0 Å². The first-order valence-electron chi connectivity index (χ1n) is 11.5. The molecule has 5 nitrogen and oxygen atoms in total. The van der Waals surface area contributed by atoms with E-state index in [0.717, 1.165) is 11.6 Å². The highest BCUT2D eigenvalue weighted by atomic mass is 19.4. The standard InChI is InChI=1S/C26H22F7N3O2/c27-22-4-3-16(9-23(22)37)8-21-15-35(14-17-2-1-5-34-13-17)6-7-36(21)24(38)18-10-19(25(28,29)30)12-20(11-18)26(31,32)33/h1-5,9-13,21,37H,6-8,14-15H2/t21-/m1/s1. The maximum atomic E-state index is 13.6. The molecule has 1 aliphatic rings. The summed E-state index contributed by atoms with van der Waals surface area (Å²) in [7, 11) is 0. The van der Waals surface area contributed by atoms with E-state index in [1.807, 2.05) is 11.0 Å². The zero-order valence-electron chi connectivity index (χ0n) is 19.7. The molecular formula is C26H22F7N3O2. The van der Waals surface area contributed by atoms with Crippen molar-refractivity contribution in [3.05, 3.63) is 94.6 Å².